The van der Waals surface area contributed by atoms with Gasteiger partial charge < -0.3 is 76.4 Å². The third kappa shape index (κ3) is 9.80. The van der Waals surface area contributed by atoms with Gasteiger partial charge in [-0.1, -0.05) is 168 Å². The summed E-state index contributed by atoms with van der Waals surface area (Å²) in [4.78, 5) is 17.9. The van der Waals surface area contributed by atoms with E-state index in [2.05, 4.69) is 301 Å². The molecule has 12 aliphatic rings. The van der Waals surface area contributed by atoms with E-state index < -0.39 is 28.6 Å². The van der Waals surface area contributed by atoms with Gasteiger partial charge >= 0.3 is 0 Å². The second-order valence-electron chi connectivity index (χ2n) is 37.4. The van der Waals surface area contributed by atoms with Crippen LogP contribution in [0.15, 0.2) is 340 Å². The van der Waals surface area contributed by atoms with Crippen molar-refractivity contribution in [3.8, 4) is 46.0 Å². The summed E-state index contributed by atoms with van der Waals surface area (Å²) in [5.74, 6) is 3.56. The van der Waals surface area contributed by atoms with Gasteiger partial charge in [0.05, 0.1) is 143 Å². The third-order valence-corrected chi connectivity index (χ3v) is 41.9. The normalized spacial score (nSPS) is 18.6. The Morgan fingerprint density at radius 3 is 0.684 bits per heavy atom. The topological polar surface area (TPSA) is 131 Å². The van der Waals surface area contributed by atoms with E-state index in [-0.39, 0.29) is 0 Å². The van der Waals surface area contributed by atoms with E-state index in [0.29, 0.717) is 111 Å². The van der Waals surface area contributed by atoms with E-state index >= 15 is 18.3 Å². The molecule has 18 aromatic carbocycles. The number of fused-ring (bicyclic) bond motifs is 4. The minimum Gasteiger partial charge on any atom is -0.453 e. The van der Waals surface area contributed by atoms with Crippen LogP contribution in [0.4, 0.5) is 136 Å². The number of nitrogens with zero attached hydrogens (tertiary/aromatic N) is 8. The lowest BCUT2D eigenvalue weighted by Crippen LogP contribution is -2.50. The highest BCUT2D eigenvalue weighted by molar-refractivity contribution is 7.89. The van der Waals surface area contributed by atoms with E-state index in [1.807, 2.05) is 133 Å². The number of aryl methyl sites for hydroxylation is 8. The number of hydrogen-bond donors (Lipinski definition) is 0. The molecule has 16 nitrogen and oxygen atoms in total. The molecule has 20 heteroatoms. The number of para-hydroxylation sites is 4. The molecule has 18 aromatic rings. The number of anilines is 24. The summed E-state index contributed by atoms with van der Waals surface area (Å²) < 4.78 is 101. The molecule has 12 heterocycles. The van der Waals surface area contributed by atoms with Crippen LogP contribution in [0, 0.1) is 55.4 Å². The highest BCUT2D eigenvalue weighted by Crippen LogP contribution is 2.78. The molecule has 0 N–H and O–H groups in total. The molecule has 652 valence electrons. The maximum atomic E-state index is 18.1. The number of ether oxygens (including phenoxy) is 4. The van der Waals surface area contributed by atoms with Gasteiger partial charge in [-0.25, -0.2) is 0 Å². The molecule has 0 aliphatic carbocycles. The summed E-state index contributed by atoms with van der Waals surface area (Å²) in [6.45, 7) is 16.8. The van der Waals surface area contributed by atoms with E-state index in [9.17, 15) is 0 Å². The number of hydrogen-bond acceptors (Lipinski definition) is 16. The first-order chi connectivity index (χ1) is 66.3. The SMILES string of the molecule is Cc1ccc(N2c3cc(C)cc4c3P3(=O)c5c2cc(C)cc5N(c2ccc(C)cc2)c2c5c6c(c(c23)O4)Oc2cc(C)cc3c2P6(=O)c2c(cc(C)cc2N5c2ccc(C)cc2)N3c2ccc(C)cc2)cc1.O=P12c3c4cccc3N(c3ccccc3)c3cccc(c31)N(c1ccccc1)c1c3c5c(c(c12)O4)N(c1ccccc1)c1cccc2c1P5(=O)c1c(cccc1N2c1ccccc1)O3. The van der Waals surface area contributed by atoms with Crippen molar-refractivity contribution in [2.24, 2.45) is 0 Å². The molecule has 0 aromatic heterocycles. The maximum Gasteiger partial charge on any atom is 0.186 e. The van der Waals surface area contributed by atoms with E-state index in [0.717, 1.165) is 179 Å². The standard InChI is InChI=1S/C62H48N4O4P2.C54H32N4O4P2/c1-33-9-17-41(18-10-33)63-45-25-37(5)27-47-57(45)71(67)59-49(63)29-39(7)31-51(59)69-55-56-62-54(53(61(55)71)65(47)43-21-13-35(3)14-22-43)66(44-23-15-36(4)16-24-44)48-28-38(6)26-46-58(48)72(62,68)60-50(30-40(8)32-52(60)70-56)64(46)42-19-11-34(2)12-20-42;59-63-49-37-25-13-27-39(49)57(35-21-9-3-10-22-35)45-48-54-46(47(53(45)63)61-43-31-15-29-41(51(43)63)55(37)33-17-5-1-6-18-33)58(36-23-11-4-12-24-36)40-28-14-26-38-50(40)64(54,60)52-42(30-16-32-44(52)62-48)56(38)34-19-7-2-8-20-34/h9-32H,1-8H3;1-32H. The van der Waals surface area contributed by atoms with Gasteiger partial charge in [-0.3, -0.25) is 0 Å². The molecule has 0 spiro atoms. The maximum absolute atomic E-state index is 18.1. The Balaban J connectivity index is 0.000000133. The van der Waals surface area contributed by atoms with Crippen LogP contribution in [-0.4, -0.2) is 0 Å². The smallest absolute Gasteiger partial charge is 0.186 e. The molecule has 0 radical (unpaired) electrons. The van der Waals surface area contributed by atoms with Crippen LogP contribution in [0.1, 0.15) is 44.5 Å². The molecule has 4 atom stereocenters. The Morgan fingerprint density at radius 1 is 0.162 bits per heavy atom. The summed E-state index contributed by atoms with van der Waals surface area (Å²) in [5, 5.41) is 7.65. The molecule has 0 amide bonds. The zero-order chi connectivity index (χ0) is 91.1. The second kappa shape index (κ2) is 27.2. The van der Waals surface area contributed by atoms with Gasteiger partial charge in [0.25, 0.3) is 0 Å². The van der Waals surface area contributed by atoms with Crippen LogP contribution in [0.5, 0.6) is 46.0 Å². The van der Waals surface area contributed by atoms with Crippen molar-refractivity contribution in [3.63, 3.8) is 0 Å². The Labute approximate surface area is 785 Å². The van der Waals surface area contributed by atoms with Gasteiger partial charge in [-0.2, -0.15) is 0 Å². The fraction of sp³-hybridized carbons (Fsp3) is 0.0690. The Bertz CT molecular complexity index is 8260. The van der Waals surface area contributed by atoms with Crippen LogP contribution in [-0.2, 0) is 18.3 Å². The van der Waals surface area contributed by atoms with Crippen LogP contribution in [0.3, 0.4) is 0 Å². The van der Waals surface area contributed by atoms with Crippen LogP contribution >= 0.6 is 28.6 Å². The molecular weight excluding hydrogens is 1760 g/mol. The molecule has 0 bridgehead atoms. The van der Waals surface area contributed by atoms with Crippen LogP contribution in [0.2, 0.25) is 0 Å². The molecule has 0 fully saturated rings. The molecule has 12 aliphatic heterocycles. The third-order valence-electron chi connectivity index (χ3n) is 29.0. The van der Waals surface area contributed by atoms with E-state index in [1.165, 1.54) is 0 Å². The average Bonchev–Trinajstić information content (AvgIpc) is 0.643. The number of benzene rings is 18. The lowest BCUT2D eigenvalue weighted by atomic mass is 10.0. The fourth-order valence-corrected chi connectivity index (χ4v) is 37.8. The van der Waals surface area contributed by atoms with Crippen molar-refractivity contribution in [2.45, 2.75) is 55.4 Å². The first-order valence-electron chi connectivity index (χ1n) is 45.9. The van der Waals surface area contributed by atoms with Gasteiger partial charge in [0.1, 0.15) is 34.4 Å². The van der Waals surface area contributed by atoms with Crippen molar-refractivity contribution in [3.05, 3.63) is 384 Å². The molecule has 4 unspecified atom stereocenters. The van der Waals surface area contributed by atoms with Crippen molar-refractivity contribution < 1.29 is 37.2 Å². The van der Waals surface area contributed by atoms with Gasteiger partial charge in [0, 0.05) is 45.5 Å². The molecule has 0 saturated carbocycles. The predicted octanol–water partition coefficient (Wildman–Crippen LogP) is 27.1. The van der Waals surface area contributed by atoms with Gasteiger partial charge in [0.15, 0.2) is 51.6 Å². The molecule has 0 saturated heterocycles. The molecule has 30 rings (SSSR count). The number of rotatable bonds is 8. The first kappa shape index (κ1) is 78.0. The van der Waals surface area contributed by atoms with Crippen molar-refractivity contribution in [2.75, 3.05) is 39.2 Å². The van der Waals surface area contributed by atoms with E-state index in [1.54, 1.807) is 0 Å². The monoisotopic (exact) mass is 1840 g/mol. The quantitative estimate of drug-likeness (QED) is 0.134. The Hall–Kier alpha value is -15.5. The van der Waals surface area contributed by atoms with Crippen LogP contribution < -0.4 is 122 Å². The summed E-state index contributed by atoms with van der Waals surface area (Å²) >= 11 is 0. The zero-order valence-electron chi connectivity index (χ0n) is 75.0. The van der Waals surface area contributed by atoms with E-state index in [4.69, 9.17) is 18.9 Å². The summed E-state index contributed by atoms with van der Waals surface area (Å²) in [6, 6.07) is 116. The lowest BCUT2D eigenvalue weighted by molar-refractivity contribution is 0.423. The summed E-state index contributed by atoms with van der Waals surface area (Å²) in [7, 11) is -15.6. The first-order valence-corrected chi connectivity index (χ1v) is 52.8. The Kier molecular flexibility index (Phi) is 15.6. The molecule has 136 heavy (non-hydrogen) atoms. The second-order valence-corrected chi connectivity index (χ2v) is 47.7. The minimum atomic E-state index is -3.94. The van der Waals surface area contributed by atoms with Crippen molar-refractivity contribution in [1.29, 1.82) is 0 Å². The van der Waals surface area contributed by atoms with Crippen molar-refractivity contribution >= 4 is 229 Å². The van der Waals surface area contributed by atoms with Crippen LogP contribution in [0.25, 0.3) is 0 Å². The average molecular weight is 1840 g/mol. The Morgan fingerprint density at radius 2 is 0.368 bits per heavy atom. The fourth-order valence-electron chi connectivity index (χ4n) is 23.7. The minimum absolute atomic E-state index is 0.347. The van der Waals surface area contributed by atoms with Gasteiger partial charge in [-0.15, -0.1) is 0 Å². The largest absolute Gasteiger partial charge is 0.453 e. The lowest BCUT2D eigenvalue weighted by Gasteiger charge is -2.52. The van der Waals surface area contributed by atoms with Gasteiger partial charge in [0.2, 0.25) is 0 Å². The van der Waals surface area contributed by atoms with Gasteiger partial charge in [-0.05, 0) is 272 Å². The highest BCUT2D eigenvalue weighted by atomic mass is 31.2. The highest BCUT2D eigenvalue weighted by Gasteiger charge is 2.66. The molecular formula is C116H80N8O8P4. The predicted molar refractivity (Wildman–Crippen MR) is 555 cm³/mol. The summed E-state index contributed by atoms with van der Waals surface area (Å²) in [6.07, 6.45) is 0. The zero-order valence-corrected chi connectivity index (χ0v) is 78.5. The summed E-state index contributed by atoms with van der Waals surface area (Å²) in [5.41, 5.74) is 27.9. The van der Waals surface area contributed by atoms with Crippen molar-refractivity contribution in [1.82, 2.24) is 0 Å².